The molecule has 0 aliphatic heterocycles. The van der Waals surface area contributed by atoms with Gasteiger partial charge in [0.15, 0.2) is 21.4 Å². The van der Waals surface area contributed by atoms with Crippen LogP contribution in [0.1, 0.15) is 19.5 Å². The third-order valence-corrected chi connectivity index (χ3v) is 7.78. The van der Waals surface area contributed by atoms with Crippen LogP contribution >= 0.6 is 27.5 Å². The van der Waals surface area contributed by atoms with Gasteiger partial charge in [-0.2, -0.15) is 22.6 Å². The highest BCUT2D eigenvalue weighted by atomic mass is 79.9. The van der Waals surface area contributed by atoms with Crippen molar-refractivity contribution in [3.8, 4) is 22.1 Å². The summed E-state index contributed by atoms with van der Waals surface area (Å²) in [6.45, 7) is 5.45. The van der Waals surface area contributed by atoms with Crippen LogP contribution in [0.25, 0.3) is 22.1 Å². The number of likely N-dealkylation sites (N-methyl/N-ethyl adjacent to an activating group) is 1. The first-order valence-corrected chi connectivity index (χ1v) is 14.2. The van der Waals surface area contributed by atoms with Crippen molar-refractivity contribution in [3.63, 3.8) is 0 Å². The van der Waals surface area contributed by atoms with Crippen LogP contribution in [0.2, 0.25) is 0 Å². The lowest BCUT2D eigenvalue weighted by atomic mass is 10.2. The van der Waals surface area contributed by atoms with E-state index in [9.17, 15) is 26.4 Å². The molecule has 0 saturated heterocycles. The minimum absolute atomic E-state index is 0.0646. The van der Waals surface area contributed by atoms with Gasteiger partial charge >= 0.3 is 12.1 Å². The van der Waals surface area contributed by atoms with Crippen LogP contribution in [0.3, 0.4) is 0 Å². The molecule has 0 amide bonds. The van der Waals surface area contributed by atoms with Crippen molar-refractivity contribution in [2.75, 3.05) is 32.5 Å². The summed E-state index contributed by atoms with van der Waals surface area (Å²) in [6.07, 6.45) is -3.73. The van der Waals surface area contributed by atoms with E-state index >= 15 is 0 Å². The quantitative estimate of drug-likeness (QED) is 0.316. The fourth-order valence-electron chi connectivity index (χ4n) is 3.24. The van der Waals surface area contributed by atoms with Gasteiger partial charge in [0.05, 0.1) is 9.37 Å². The van der Waals surface area contributed by atoms with Crippen molar-refractivity contribution < 1.29 is 31.1 Å². The molecule has 0 unspecified atom stereocenters. The highest BCUT2D eigenvalue weighted by molar-refractivity contribution is 9.10. The largest absolute Gasteiger partial charge is 0.463 e. The Balaban J connectivity index is 1.93. The predicted molar refractivity (Wildman–Crippen MR) is 131 cm³/mol. The van der Waals surface area contributed by atoms with Gasteiger partial charge in [-0.25, -0.2) is 18.1 Å². The minimum atomic E-state index is -4.80. The lowest BCUT2D eigenvalue weighted by Gasteiger charge is -2.17. The molecule has 1 aromatic carbocycles. The Kier molecular flexibility index (Phi) is 8.90. The number of rotatable bonds is 10. The monoisotopic (exact) mass is 609 g/mol. The Morgan fingerprint density at radius 2 is 1.94 bits per heavy atom. The molecule has 196 valence electrons. The molecule has 2 heterocycles. The number of carbonyl (C=O) groups is 1. The Morgan fingerprint density at radius 1 is 1.25 bits per heavy atom. The molecule has 0 aliphatic carbocycles. The number of benzene rings is 1. The van der Waals surface area contributed by atoms with Crippen LogP contribution in [0.4, 0.5) is 13.2 Å². The van der Waals surface area contributed by atoms with Gasteiger partial charge in [0.2, 0.25) is 0 Å². The van der Waals surface area contributed by atoms with E-state index in [0.29, 0.717) is 12.1 Å². The molecule has 3 aromatic rings. The first kappa shape index (κ1) is 28.2. The topological polar surface area (TPSA) is 107 Å². The number of hydrogen-bond acceptors (Lipinski definition) is 9. The van der Waals surface area contributed by atoms with Crippen LogP contribution < -0.4 is 0 Å². The van der Waals surface area contributed by atoms with E-state index in [1.807, 2.05) is 18.7 Å². The molecule has 0 saturated carbocycles. The van der Waals surface area contributed by atoms with Gasteiger partial charge in [-0.05, 0) is 52.7 Å². The number of hydrogen-bond donors (Lipinski definition) is 0. The van der Waals surface area contributed by atoms with E-state index in [1.165, 1.54) is 18.2 Å². The fraction of sp³-hybridized carbons (Fsp3) is 0.429. The molecular formula is C21H23BrF3N5O4S2. The summed E-state index contributed by atoms with van der Waals surface area (Å²) < 4.78 is 74.2. The first-order valence-electron chi connectivity index (χ1n) is 10.7. The molecule has 0 spiro atoms. The highest BCUT2D eigenvalue weighted by Gasteiger charge is 2.40. The van der Waals surface area contributed by atoms with Gasteiger partial charge in [0, 0.05) is 18.4 Å². The van der Waals surface area contributed by atoms with Crippen LogP contribution in [0.15, 0.2) is 33.6 Å². The zero-order valence-electron chi connectivity index (χ0n) is 19.5. The summed E-state index contributed by atoms with van der Waals surface area (Å²) in [5.41, 5.74) is -0.954. The minimum Gasteiger partial charge on any atom is -0.463 e. The van der Waals surface area contributed by atoms with Crippen LogP contribution in [0.5, 0.6) is 0 Å². The van der Waals surface area contributed by atoms with Gasteiger partial charge in [-0.1, -0.05) is 26.0 Å². The Bertz CT molecular complexity index is 1340. The van der Waals surface area contributed by atoms with E-state index < -0.39 is 38.7 Å². The lowest BCUT2D eigenvalue weighted by molar-refractivity contribution is -0.146. The van der Waals surface area contributed by atoms with E-state index in [-0.39, 0.29) is 28.0 Å². The second-order valence-corrected chi connectivity index (χ2v) is 11.2. The van der Waals surface area contributed by atoms with E-state index in [4.69, 9.17) is 4.74 Å². The molecule has 36 heavy (non-hydrogen) atoms. The van der Waals surface area contributed by atoms with Gasteiger partial charge in [-0.3, -0.25) is 4.79 Å². The average molecular weight is 610 g/mol. The molecule has 0 bridgehead atoms. The molecule has 0 radical (unpaired) electrons. The smallest absolute Gasteiger partial charge is 0.436 e. The fourth-order valence-corrected chi connectivity index (χ4v) is 5.26. The summed E-state index contributed by atoms with van der Waals surface area (Å²) in [5, 5.41) is 3.86. The summed E-state index contributed by atoms with van der Waals surface area (Å²) in [4.78, 5) is 18.8. The lowest BCUT2D eigenvalue weighted by Crippen LogP contribution is -2.28. The molecule has 3 rings (SSSR count). The predicted octanol–water partition coefficient (Wildman–Crippen LogP) is 4.14. The molecule has 0 atom stereocenters. The van der Waals surface area contributed by atoms with Crippen molar-refractivity contribution in [2.45, 2.75) is 31.5 Å². The zero-order chi connectivity index (χ0) is 26.7. The third-order valence-electron chi connectivity index (χ3n) is 5.15. The number of carbonyl (C=O) groups excluding carboxylic acids is 1. The van der Waals surface area contributed by atoms with Gasteiger partial charge in [0.25, 0.3) is 0 Å². The molecule has 0 aliphatic rings. The maximum atomic E-state index is 13.6. The van der Waals surface area contributed by atoms with Crippen LogP contribution in [-0.4, -0.2) is 70.9 Å². The summed E-state index contributed by atoms with van der Waals surface area (Å²) in [5.74, 6) is -0.867. The van der Waals surface area contributed by atoms with Crippen molar-refractivity contribution in [1.29, 1.82) is 0 Å². The van der Waals surface area contributed by atoms with Crippen molar-refractivity contribution >= 4 is 43.3 Å². The number of sulfone groups is 1. The van der Waals surface area contributed by atoms with E-state index in [1.54, 1.807) is 6.07 Å². The van der Waals surface area contributed by atoms with Crippen LogP contribution in [0, 0.1) is 0 Å². The number of alkyl halides is 3. The van der Waals surface area contributed by atoms with Crippen LogP contribution in [-0.2, 0) is 32.1 Å². The van der Waals surface area contributed by atoms with Gasteiger partial charge in [-0.15, -0.1) is 0 Å². The normalized spacial score (nSPS) is 12.3. The SMILES string of the molecule is CCN(CC)CCOC(=O)Cn1nc(C(F)(F)F)c(Br)c1-c1nsc(-c2cccc(S(C)(=O)=O)c2)n1. The molecule has 15 heteroatoms. The van der Waals surface area contributed by atoms with Gasteiger partial charge < -0.3 is 9.64 Å². The summed E-state index contributed by atoms with van der Waals surface area (Å²) in [6, 6.07) is 5.97. The Labute approximate surface area is 218 Å². The highest BCUT2D eigenvalue weighted by Crippen LogP contribution is 2.40. The standard InChI is InChI=1S/C21H23BrF3N5O4S2/c1-4-29(5-2)9-10-34-15(31)12-30-17(16(22)18(27-30)21(23,24)25)19-26-20(35-28-19)13-7-6-8-14(11-13)36(3,32)33/h6-8,11H,4-5,9-10,12H2,1-3H3. The average Bonchev–Trinajstić information content (AvgIpc) is 3.40. The van der Waals surface area contributed by atoms with E-state index in [2.05, 4.69) is 30.4 Å². The number of ether oxygens (including phenoxy) is 1. The number of esters is 1. The first-order chi connectivity index (χ1) is 16.8. The second kappa shape index (κ2) is 11.4. The maximum absolute atomic E-state index is 13.6. The zero-order valence-corrected chi connectivity index (χ0v) is 22.8. The molecule has 2 aromatic heterocycles. The van der Waals surface area contributed by atoms with E-state index in [0.717, 1.165) is 35.6 Å². The number of nitrogens with zero attached hydrogens (tertiary/aromatic N) is 5. The number of halogens is 4. The summed E-state index contributed by atoms with van der Waals surface area (Å²) in [7, 11) is -3.48. The van der Waals surface area contributed by atoms with Crippen molar-refractivity contribution in [1.82, 2.24) is 24.0 Å². The molecule has 9 nitrogen and oxygen atoms in total. The van der Waals surface area contributed by atoms with Crippen molar-refractivity contribution in [3.05, 3.63) is 34.4 Å². The molecule has 0 N–H and O–H groups in total. The van der Waals surface area contributed by atoms with Gasteiger partial charge in [0.1, 0.15) is 23.9 Å². The third kappa shape index (κ3) is 6.69. The summed E-state index contributed by atoms with van der Waals surface area (Å²) >= 11 is 3.81. The van der Waals surface area contributed by atoms with Crippen molar-refractivity contribution in [2.24, 2.45) is 0 Å². The number of aromatic nitrogens is 4. The maximum Gasteiger partial charge on any atom is 0.436 e. The Morgan fingerprint density at radius 3 is 2.56 bits per heavy atom. The Hall–Kier alpha value is -2.36. The second-order valence-electron chi connectivity index (χ2n) is 7.64. The molecule has 0 fully saturated rings. The molecular weight excluding hydrogens is 587 g/mol.